The summed E-state index contributed by atoms with van der Waals surface area (Å²) in [6.07, 6.45) is 0. The lowest BCUT2D eigenvalue weighted by atomic mass is 10.2. The summed E-state index contributed by atoms with van der Waals surface area (Å²) >= 11 is 5.99. The highest BCUT2D eigenvalue weighted by atomic mass is 32.2. The number of rotatable bonds is 12. The molecule has 0 saturated heterocycles. The normalized spacial score (nSPS) is 11.0. The van der Waals surface area contributed by atoms with Gasteiger partial charge in [-0.3, -0.25) is 10.8 Å². The highest BCUT2D eigenvalue weighted by molar-refractivity contribution is 8.13. The molecule has 1 heterocycles. The zero-order valence-corrected chi connectivity index (χ0v) is 27.1. The number of thioether (sulfide) groups is 4. The van der Waals surface area contributed by atoms with Gasteiger partial charge in [-0.25, -0.2) is 16.8 Å². The van der Waals surface area contributed by atoms with Gasteiger partial charge in [0.1, 0.15) is 0 Å². The standard InChI is InChI=1S/2C8H10N2S.C6H10N2O6S5/c2*9-8(10)11-6-7-4-2-1-3-5-7;9-18(10,11)3-1-15-5-7-8-6(17-5)16-2-4-19(12,13)14/h2*1-5H,6H2,(H3,9,10);1-4H2,(H,9,10,11)(H,12,13,14)/p-2. The molecule has 3 aromatic rings. The van der Waals surface area contributed by atoms with Gasteiger partial charge in [0.2, 0.25) is 0 Å². The van der Waals surface area contributed by atoms with Gasteiger partial charge in [0.05, 0.1) is 20.2 Å². The van der Waals surface area contributed by atoms with Crippen molar-refractivity contribution in [1.29, 1.82) is 10.8 Å². The Balaban J connectivity index is 0.000000327. The Labute approximate surface area is 260 Å². The van der Waals surface area contributed by atoms with E-state index in [-0.39, 0.29) is 21.8 Å². The zero-order valence-electron chi connectivity index (χ0n) is 21.4. The van der Waals surface area contributed by atoms with Gasteiger partial charge >= 0.3 is 0 Å². The first-order chi connectivity index (χ1) is 19.2. The van der Waals surface area contributed by atoms with E-state index in [4.69, 9.17) is 22.3 Å². The van der Waals surface area contributed by atoms with E-state index in [1.807, 2.05) is 60.7 Å². The lowest BCUT2D eigenvalue weighted by Gasteiger charge is -2.04. The molecule has 1 aromatic heterocycles. The Bertz CT molecular complexity index is 1300. The number of amidine groups is 2. The van der Waals surface area contributed by atoms with E-state index in [0.29, 0.717) is 8.68 Å². The minimum atomic E-state index is -4.24. The van der Waals surface area contributed by atoms with Crippen LogP contribution in [0.5, 0.6) is 0 Å². The van der Waals surface area contributed by atoms with E-state index in [9.17, 15) is 25.9 Å². The second-order valence-electron chi connectivity index (χ2n) is 7.33. The van der Waals surface area contributed by atoms with Crippen molar-refractivity contribution in [2.45, 2.75) is 20.2 Å². The third kappa shape index (κ3) is 22.4. The summed E-state index contributed by atoms with van der Waals surface area (Å²) in [5.41, 5.74) is 12.8. The van der Waals surface area contributed by atoms with Gasteiger partial charge in [0.15, 0.2) is 19.0 Å². The van der Waals surface area contributed by atoms with Crippen LogP contribution in [0, 0.1) is 10.8 Å². The molecule has 6 N–H and O–H groups in total. The molecular formula is C22H28N6O6S7-2. The fourth-order valence-electron chi connectivity index (χ4n) is 2.25. The number of benzene rings is 2. The molecule has 0 atom stereocenters. The van der Waals surface area contributed by atoms with Crippen molar-refractivity contribution in [1.82, 2.24) is 10.2 Å². The minimum Gasteiger partial charge on any atom is -0.748 e. The van der Waals surface area contributed by atoms with Crippen LogP contribution < -0.4 is 11.5 Å². The number of hydrogen-bond acceptors (Lipinski definition) is 15. The van der Waals surface area contributed by atoms with Gasteiger partial charge in [0, 0.05) is 34.5 Å². The van der Waals surface area contributed by atoms with Crippen molar-refractivity contribution in [3.05, 3.63) is 71.8 Å². The Morgan fingerprint density at radius 3 is 1.34 bits per heavy atom. The Morgan fingerprint density at radius 1 is 0.707 bits per heavy atom. The maximum atomic E-state index is 10.4. The molecule has 0 aliphatic heterocycles. The molecule has 0 radical (unpaired) electrons. The van der Waals surface area contributed by atoms with Crippen LogP contribution in [0.25, 0.3) is 0 Å². The maximum Gasteiger partial charge on any atom is 0.175 e. The molecule has 0 aliphatic rings. The van der Waals surface area contributed by atoms with Gasteiger partial charge in [0.25, 0.3) is 0 Å². The Morgan fingerprint density at radius 2 is 1.05 bits per heavy atom. The predicted molar refractivity (Wildman–Crippen MR) is 170 cm³/mol. The quantitative estimate of drug-likeness (QED) is 0.0918. The first-order valence-corrected chi connectivity index (χ1v) is 19.1. The van der Waals surface area contributed by atoms with Crippen LogP contribution in [0.1, 0.15) is 11.1 Å². The third-order valence-electron chi connectivity index (χ3n) is 3.98. The molecule has 0 fully saturated rings. The van der Waals surface area contributed by atoms with E-state index >= 15 is 0 Å². The molecule has 226 valence electrons. The number of nitrogens with zero attached hydrogens (tertiary/aromatic N) is 2. The summed E-state index contributed by atoms with van der Waals surface area (Å²) in [6.45, 7) is 0. The van der Waals surface area contributed by atoms with Crippen LogP contribution in [-0.2, 0) is 31.7 Å². The van der Waals surface area contributed by atoms with Crippen LogP contribution in [-0.4, -0.2) is 69.5 Å². The van der Waals surface area contributed by atoms with Gasteiger partial charge in [-0.15, -0.1) is 10.2 Å². The zero-order chi connectivity index (χ0) is 30.7. The molecule has 0 amide bonds. The number of hydrogen-bond donors (Lipinski definition) is 4. The Kier molecular flexibility index (Phi) is 18.3. The molecule has 0 spiro atoms. The second kappa shape index (κ2) is 20.1. The van der Waals surface area contributed by atoms with E-state index in [0.717, 1.165) is 46.4 Å². The van der Waals surface area contributed by atoms with E-state index < -0.39 is 31.7 Å². The Hall–Kier alpha value is -1.84. The first-order valence-electron chi connectivity index (χ1n) is 11.2. The van der Waals surface area contributed by atoms with Crippen LogP contribution in [0.4, 0.5) is 0 Å². The van der Waals surface area contributed by atoms with Gasteiger partial charge < -0.3 is 20.6 Å². The monoisotopic (exact) mass is 696 g/mol. The molecule has 12 nitrogen and oxygen atoms in total. The smallest absolute Gasteiger partial charge is 0.175 e. The fourth-order valence-corrected chi connectivity index (χ4v) is 8.04. The SMILES string of the molecule is N=C(N)SCc1ccccc1.N=C(N)SCc1ccccc1.O=S(=O)([O-])CCSc1nnc(SCCS(=O)(=O)[O-])s1. The molecule has 2 aromatic carbocycles. The molecular weight excluding hydrogens is 669 g/mol. The van der Waals surface area contributed by atoms with Crippen LogP contribution in [0.3, 0.4) is 0 Å². The van der Waals surface area contributed by atoms with E-state index in [2.05, 4.69) is 10.2 Å². The van der Waals surface area contributed by atoms with Crippen LogP contribution in [0.2, 0.25) is 0 Å². The largest absolute Gasteiger partial charge is 0.748 e. The highest BCUT2D eigenvalue weighted by Crippen LogP contribution is 2.28. The topological polar surface area (TPSA) is 240 Å². The van der Waals surface area contributed by atoms with Crippen LogP contribution in [0.15, 0.2) is 69.3 Å². The van der Waals surface area contributed by atoms with Crippen molar-refractivity contribution >= 4 is 89.0 Å². The van der Waals surface area contributed by atoms with Gasteiger partial charge in [-0.1, -0.05) is 119 Å². The highest BCUT2D eigenvalue weighted by Gasteiger charge is 2.07. The molecule has 3 rings (SSSR count). The summed E-state index contributed by atoms with van der Waals surface area (Å²) in [5.74, 6) is 0.759. The van der Waals surface area contributed by atoms with Crippen molar-refractivity contribution in [2.75, 3.05) is 23.0 Å². The fraction of sp³-hybridized carbons (Fsp3) is 0.273. The maximum absolute atomic E-state index is 10.4. The first kappa shape index (κ1) is 37.2. The van der Waals surface area contributed by atoms with Crippen LogP contribution >= 0.6 is 58.4 Å². The summed E-state index contributed by atoms with van der Waals surface area (Å²) in [6, 6.07) is 20.0. The minimum absolute atomic E-state index is 0.0834. The summed E-state index contributed by atoms with van der Waals surface area (Å²) in [7, 11) is -8.48. The molecule has 0 bridgehead atoms. The molecule has 0 saturated carbocycles. The van der Waals surface area contributed by atoms with Crippen molar-refractivity contribution < 1.29 is 25.9 Å². The number of nitrogens with one attached hydrogen (secondary N) is 2. The van der Waals surface area contributed by atoms with E-state index in [1.165, 1.54) is 34.7 Å². The number of aromatic nitrogens is 2. The summed E-state index contributed by atoms with van der Waals surface area (Å²) < 4.78 is 63.2. The lowest BCUT2D eigenvalue weighted by Crippen LogP contribution is -2.06. The van der Waals surface area contributed by atoms with Crippen molar-refractivity contribution in [3.63, 3.8) is 0 Å². The molecule has 19 heteroatoms. The van der Waals surface area contributed by atoms with Crippen molar-refractivity contribution in [2.24, 2.45) is 11.5 Å². The molecule has 41 heavy (non-hydrogen) atoms. The van der Waals surface area contributed by atoms with E-state index in [1.54, 1.807) is 0 Å². The third-order valence-corrected chi connectivity index (χ3v) is 10.7. The molecule has 0 aliphatic carbocycles. The van der Waals surface area contributed by atoms with Crippen molar-refractivity contribution in [3.8, 4) is 0 Å². The number of nitrogens with two attached hydrogens (primary N) is 2. The lowest BCUT2D eigenvalue weighted by molar-refractivity contribution is 0.462. The average molecular weight is 697 g/mol. The summed E-state index contributed by atoms with van der Waals surface area (Å²) in [4.78, 5) is 0. The molecule has 0 unspecified atom stereocenters. The average Bonchev–Trinajstić information content (AvgIpc) is 3.34. The summed E-state index contributed by atoms with van der Waals surface area (Å²) in [5, 5.41) is 21.8. The van der Waals surface area contributed by atoms with Gasteiger partial charge in [-0.05, 0) is 11.1 Å². The van der Waals surface area contributed by atoms with Gasteiger partial charge in [-0.2, -0.15) is 0 Å². The predicted octanol–water partition coefficient (Wildman–Crippen LogP) is 3.44. The second-order valence-corrected chi connectivity index (χ2v) is 16.1.